The lowest BCUT2D eigenvalue weighted by Gasteiger charge is -2.22. The Bertz CT molecular complexity index is 2770. The van der Waals surface area contributed by atoms with Gasteiger partial charge >= 0.3 is 0 Å². The van der Waals surface area contributed by atoms with Gasteiger partial charge in [-0.05, 0) is 169 Å². The van der Waals surface area contributed by atoms with E-state index in [1.54, 1.807) is 0 Å². The van der Waals surface area contributed by atoms with E-state index >= 15 is 0 Å². The van der Waals surface area contributed by atoms with Crippen LogP contribution in [0.5, 0.6) is 0 Å². The summed E-state index contributed by atoms with van der Waals surface area (Å²) >= 11 is 0. The first kappa shape index (κ1) is 44.7. The van der Waals surface area contributed by atoms with Gasteiger partial charge in [-0.1, -0.05) is 229 Å². The van der Waals surface area contributed by atoms with Gasteiger partial charge in [-0.15, -0.1) is 0 Å². The lowest BCUT2D eigenvalue weighted by atomic mass is 9.82. The highest BCUT2D eigenvalue weighted by atomic mass is 14.3. The molecule has 330 valence electrons. The molecule has 0 aliphatic rings. The fourth-order valence-corrected chi connectivity index (χ4v) is 9.61. The number of hydrogen-bond donors (Lipinski definition) is 0. The van der Waals surface area contributed by atoms with Crippen molar-refractivity contribution in [3.05, 3.63) is 204 Å². The molecule has 0 aliphatic carbocycles. The van der Waals surface area contributed by atoms with Crippen molar-refractivity contribution in [2.24, 2.45) is 0 Å². The Balaban J connectivity index is 1.29. The molecule has 0 heterocycles. The quantitative estimate of drug-likeness (QED) is 0.146. The minimum Gasteiger partial charge on any atom is -0.0616 e. The molecule has 9 aromatic carbocycles. The summed E-state index contributed by atoms with van der Waals surface area (Å²) in [5.41, 5.74) is 20.4. The van der Waals surface area contributed by atoms with Gasteiger partial charge in [-0.3, -0.25) is 0 Å². The third kappa shape index (κ3) is 8.91. The van der Waals surface area contributed by atoms with Crippen LogP contribution in [0.3, 0.4) is 0 Å². The predicted molar refractivity (Wildman–Crippen MR) is 289 cm³/mol. The van der Waals surface area contributed by atoms with E-state index in [1.807, 2.05) is 0 Å². The highest BCUT2D eigenvalue weighted by molar-refractivity contribution is 6.22. The normalized spacial score (nSPS) is 12.5. The summed E-state index contributed by atoms with van der Waals surface area (Å²) in [6.07, 6.45) is 0. The number of rotatable bonds is 6. The van der Waals surface area contributed by atoms with Gasteiger partial charge in [0.25, 0.3) is 0 Å². The van der Waals surface area contributed by atoms with Gasteiger partial charge in [0.1, 0.15) is 0 Å². The average molecular weight is 859 g/mol. The molecule has 9 rings (SSSR count). The molecular formula is C66H66. The largest absolute Gasteiger partial charge is 0.0616 e. The molecule has 0 aliphatic heterocycles. The molecule has 0 amide bonds. The Labute approximate surface area is 395 Å². The summed E-state index contributed by atoms with van der Waals surface area (Å²) in [5.74, 6) is 0. The summed E-state index contributed by atoms with van der Waals surface area (Å²) in [5, 5.41) is 4.99. The second-order valence-electron chi connectivity index (χ2n) is 22.7. The van der Waals surface area contributed by atoms with Crippen LogP contribution in [0.2, 0.25) is 0 Å². The van der Waals surface area contributed by atoms with E-state index in [-0.39, 0.29) is 21.7 Å². The van der Waals surface area contributed by atoms with E-state index in [2.05, 4.69) is 265 Å². The van der Waals surface area contributed by atoms with Crippen LogP contribution in [0.1, 0.15) is 105 Å². The summed E-state index contributed by atoms with van der Waals surface area (Å²) in [6.45, 7) is 27.4. The van der Waals surface area contributed by atoms with Gasteiger partial charge in [0, 0.05) is 0 Å². The molecule has 0 spiro atoms. The molecule has 0 unspecified atom stereocenters. The van der Waals surface area contributed by atoms with Crippen LogP contribution >= 0.6 is 0 Å². The lowest BCUT2D eigenvalue weighted by Crippen LogP contribution is -2.10. The molecule has 0 nitrogen and oxygen atoms in total. The third-order valence-electron chi connectivity index (χ3n) is 13.7. The van der Waals surface area contributed by atoms with Crippen molar-refractivity contribution in [3.8, 4) is 66.8 Å². The van der Waals surface area contributed by atoms with Crippen LogP contribution in [0.4, 0.5) is 0 Å². The van der Waals surface area contributed by atoms with E-state index in [0.717, 1.165) is 0 Å². The highest BCUT2D eigenvalue weighted by Gasteiger charge is 2.22. The van der Waals surface area contributed by atoms with Gasteiger partial charge < -0.3 is 0 Å². The van der Waals surface area contributed by atoms with Crippen molar-refractivity contribution in [3.63, 3.8) is 0 Å². The number of hydrogen-bond acceptors (Lipinski definition) is 0. The standard InChI is InChI=1S/C66H66/c1-63(2,3)53-29-21-43(22-30-53)47-37-48(44-23-31-54(32-24-44)64(4,5)6)40-51(39-47)61-57-17-13-15-19-59(57)62(60-20-16-14-18-58(60)61)52-41-49(45-25-33-55(34-26-45)65(7,8)9)38-50(42-52)46-27-35-56(36-28-46)66(10,11)12/h13-42H,1-12H3. The topological polar surface area (TPSA) is 0 Å². The van der Waals surface area contributed by atoms with E-state index in [9.17, 15) is 0 Å². The molecule has 0 atom stereocenters. The van der Waals surface area contributed by atoms with Crippen LogP contribution < -0.4 is 0 Å². The van der Waals surface area contributed by atoms with Crippen molar-refractivity contribution in [1.29, 1.82) is 0 Å². The minimum atomic E-state index is 0.0773. The Morgan fingerprint density at radius 1 is 0.197 bits per heavy atom. The first-order chi connectivity index (χ1) is 31.2. The average Bonchev–Trinajstić information content (AvgIpc) is 3.29. The zero-order valence-corrected chi connectivity index (χ0v) is 41.3. The molecule has 0 fully saturated rings. The maximum absolute atomic E-state index is 2.42. The van der Waals surface area contributed by atoms with Crippen LogP contribution in [-0.4, -0.2) is 0 Å². The Morgan fingerprint density at radius 2 is 0.379 bits per heavy atom. The second kappa shape index (κ2) is 16.7. The fourth-order valence-electron chi connectivity index (χ4n) is 9.61. The molecule has 0 saturated heterocycles. The van der Waals surface area contributed by atoms with E-state index < -0.39 is 0 Å². The van der Waals surface area contributed by atoms with Gasteiger partial charge in [0.15, 0.2) is 0 Å². The summed E-state index contributed by atoms with van der Waals surface area (Å²) in [6, 6.07) is 69.6. The second-order valence-corrected chi connectivity index (χ2v) is 22.7. The maximum atomic E-state index is 2.42. The molecule has 0 heteroatoms. The summed E-state index contributed by atoms with van der Waals surface area (Å²) < 4.78 is 0. The van der Waals surface area contributed by atoms with E-state index in [1.165, 1.54) is 111 Å². The molecule has 0 saturated carbocycles. The zero-order valence-electron chi connectivity index (χ0n) is 41.3. The van der Waals surface area contributed by atoms with Crippen molar-refractivity contribution >= 4 is 21.5 Å². The van der Waals surface area contributed by atoms with Crippen LogP contribution in [0.25, 0.3) is 88.3 Å². The maximum Gasteiger partial charge on any atom is -0.00259 e. The zero-order chi connectivity index (χ0) is 46.8. The molecule has 0 N–H and O–H groups in total. The predicted octanol–water partition coefficient (Wildman–Crippen LogP) is 19.2. The van der Waals surface area contributed by atoms with Crippen molar-refractivity contribution in [2.75, 3.05) is 0 Å². The molecule has 66 heavy (non-hydrogen) atoms. The first-order valence-electron chi connectivity index (χ1n) is 23.9. The van der Waals surface area contributed by atoms with E-state index in [4.69, 9.17) is 0 Å². The van der Waals surface area contributed by atoms with Crippen molar-refractivity contribution in [1.82, 2.24) is 0 Å². The van der Waals surface area contributed by atoms with Gasteiger partial charge in [0.2, 0.25) is 0 Å². The molecule has 0 radical (unpaired) electrons. The Morgan fingerprint density at radius 3 is 0.561 bits per heavy atom. The van der Waals surface area contributed by atoms with Crippen LogP contribution in [0, 0.1) is 0 Å². The van der Waals surface area contributed by atoms with E-state index in [0.29, 0.717) is 0 Å². The third-order valence-corrected chi connectivity index (χ3v) is 13.7. The van der Waals surface area contributed by atoms with Gasteiger partial charge in [-0.25, -0.2) is 0 Å². The summed E-state index contributed by atoms with van der Waals surface area (Å²) in [7, 11) is 0. The van der Waals surface area contributed by atoms with Crippen molar-refractivity contribution < 1.29 is 0 Å². The van der Waals surface area contributed by atoms with Gasteiger partial charge in [0.05, 0.1) is 0 Å². The highest BCUT2D eigenvalue weighted by Crippen LogP contribution is 2.47. The molecule has 9 aromatic rings. The lowest BCUT2D eigenvalue weighted by molar-refractivity contribution is 0.590. The van der Waals surface area contributed by atoms with Crippen LogP contribution in [-0.2, 0) is 21.7 Å². The Hall–Kier alpha value is -6.50. The Kier molecular flexibility index (Phi) is 11.3. The fraction of sp³-hybridized carbons (Fsp3) is 0.242. The van der Waals surface area contributed by atoms with Gasteiger partial charge in [-0.2, -0.15) is 0 Å². The molecule has 0 bridgehead atoms. The number of benzene rings is 9. The van der Waals surface area contributed by atoms with Crippen molar-refractivity contribution in [2.45, 2.75) is 105 Å². The smallest absolute Gasteiger partial charge is 0.00259 e. The number of fused-ring (bicyclic) bond motifs is 2. The monoisotopic (exact) mass is 859 g/mol. The first-order valence-corrected chi connectivity index (χ1v) is 23.9. The molecule has 0 aromatic heterocycles. The van der Waals surface area contributed by atoms with Crippen LogP contribution in [0.15, 0.2) is 182 Å². The SMILES string of the molecule is CC(C)(C)c1ccc(-c2cc(-c3ccc(C(C)(C)C)cc3)cc(-c3c4ccccc4c(-c4cc(-c5ccc(C(C)(C)C)cc5)cc(-c5ccc(C(C)(C)C)cc5)c4)c4ccccc34)c2)cc1. The minimum absolute atomic E-state index is 0.0773. The summed E-state index contributed by atoms with van der Waals surface area (Å²) in [4.78, 5) is 0. The molecular weight excluding hydrogens is 793 g/mol.